The smallest absolute Gasteiger partial charge is 0.337 e. The van der Waals surface area contributed by atoms with Crippen molar-refractivity contribution in [3.63, 3.8) is 0 Å². The number of barbiturate groups is 1. The van der Waals surface area contributed by atoms with Crippen LogP contribution in [0.3, 0.4) is 0 Å². The van der Waals surface area contributed by atoms with E-state index < -0.39 is 23.8 Å². The van der Waals surface area contributed by atoms with E-state index in [2.05, 4.69) is 5.32 Å². The summed E-state index contributed by atoms with van der Waals surface area (Å²) >= 11 is 6.26. The fourth-order valence-corrected chi connectivity index (χ4v) is 3.66. The zero-order chi connectivity index (χ0) is 24.4. The van der Waals surface area contributed by atoms with Crippen molar-refractivity contribution in [2.75, 3.05) is 12.0 Å². The molecular weight excluding hydrogens is 460 g/mol. The molecule has 4 rings (SSSR count). The van der Waals surface area contributed by atoms with Crippen LogP contribution < -0.4 is 10.2 Å². The SMILES string of the molecule is CCc1ccc(N2C(=O)NC(=O)/C(=C/c3ccc(-c4cc(C(=O)OC)ccc4Cl)o3)C2=O)cc1. The Hall–Kier alpha value is -4.17. The van der Waals surface area contributed by atoms with E-state index in [4.69, 9.17) is 20.8 Å². The molecule has 34 heavy (non-hydrogen) atoms. The molecule has 0 spiro atoms. The molecule has 0 atom stereocenters. The molecule has 8 nitrogen and oxygen atoms in total. The van der Waals surface area contributed by atoms with Gasteiger partial charge in [-0.05, 0) is 60.5 Å². The number of ether oxygens (including phenoxy) is 1. The number of furan rings is 1. The molecule has 1 N–H and O–H groups in total. The second kappa shape index (κ2) is 9.36. The molecule has 0 aliphatic carbocycles. The van der Waals surface area contributed by atoms with Gasteiger partial charge in [-0.2, -0.15) is 0 Å². The van der Waals surface area contributed by atoms with E-state index in [1.807, 2.05) is 6.92 Å². The summed E-state index contributed by atoms with van der Waals surface area (Å²) in [6.07, 6.45) is 2.05. The Morgan fingerprint density at radius 1 is 1.09 bits per heavy atom. The van der Waals surface area contributed by atoms with E-state index in [0.717, 1.165) is 16.9 Å². The average molecular weight is 479 g/mol. The van der Waals surface area contributed by atoms with Gasteiger partial charge in [-0.3, -0.25) is 14.9 Å². The number of carbonyl (C=O) groups is 4. The lowest BCUT2D eigenvalue weighted by Gasteiger charge is -2.26. The monoisotopic (exact) mass is 478 g/mol. The van der Waals surface area contributed by atoms with Crippen LogP contribution in [0.2, 0.25) is 5.02 Å². The minimum absolute atomic E-state index is 0.184. The van der Waals surface area contributed by atoms with Crippen molar-refractivity contribution >= 4 is 47.2 Å². The van der Waals surface area contributed by atoms with Crippen LogP contribution in [0.25, 0.3) is 17.4 Å². The number of benzene rings is 2. The molecule has 1 saturated heterocycles. The fraction of sp³-hybridized carbons (Fsp3) is 0.120. The Morgan fingerprint density at radius 2 is 1.82 bits per heavy atom. The number of hydrogen-bond acceptors (Lipinski definition) is 6. The van der Waals surface area contributed by atoms with Crippen molar-refractivity contribution < 1.29 is 28.3 Å². The Morgan fingerprint density at radius 3 is 2.50 bits per heavy atom. The molecule has 172 valence electrons. The minimum Gasteiger partial charge on any atom is -0.465 e. The van der Waals surface area contributed by atoms with Gasteiger partial charge in [-0.15, -0.1) is 0 Å². The lowest BCUT2D eigenvalue weighted by Crippen LogP contribution is -2.54. The third kappa shape index (κ3) is 4.35. The molecule has 2 aromatic carbocycles. The van der Waals surface area contributed by atoms with Crippen LogP contribution in [-0.4, -0.2) is 30.9 Å². The molecule has 1 aliphatic rings. The Labute approximate surface area is 199 Å². The van der Waals surface area contributed by atoms with Gasteiger partial charge in [0.2, 0.25) is 0 Å². The summed E-state index contributed by atoms with van der Waals surface area (Å²) in [6.45, 7) is 1.99. The second-order valence-electron chi connectivity index (χ2n) is 7.37. The van der Waals surface area contributed by atoms with Gasteiger partial charge in [-0.1, -0.05) is 30.7 Å². The Bertz CT molecular complexity index is 1340. The molecule has 1 aliphatic heterocycles. The molecule has 0 unspecified atom stereocenters. The molecule has 1 aromatic heterocycles. The first kappa shape index (κ1) is 23.0. The lowest BCUT2D eigenvalue weighted by molar-refractivity contribution is -0.122. The van der Waals surface area contributed by atoms with Crippen molar-refractivity contribution in [1.82, 2.24) is 5.32 Å². The summed E-state index contributed by atoms with van der Waals surface area (Å²) in [6, 6.07) is 13.8. The third-order valence-electron chi connectivity index (χ3n) is 5.27. The minimum atomic E-state index is -0.833. The zero-order valence-corrected chi connectivity index (χ0v) is 19.0. The first-order chi connectivity index (χ1) is 16.3. The number of methoxy groups -OCH3 is 1. The lowest BCUT2D eigenvalue weighted by atomic mass is 10.1. The first-order valence-corrected chi connectivity index (χ1v) is 10.7. The maximum absolute atomic E-state index is 13.1. The van der Waals surface area contributed by atoms with Crippen LogP contribution in [0, 0.1) is 0 Å². The van der Waals surface area contributed by atoms with Crippen LogP contribution in [-0.2, 0) is 20.7 Å². The third-order valence-corrected chi connectivity index (χ3v) is 5.60. The maximum atomic E-state index is 13.1. The number of halogens is 1. The maximum Gasteiger partial charge on any atom is 0.337 e. The van der Waals surface area contributed by atoms with Crippen molar-refractivity contribution in [2.24, 2.45) is 0 Å². The van der Waals surface area contributed by atoms with E-state index in [1.165, 1.54) is 31.4 Å². The molecule has 2 heterocycles. The summed E-state index contributed by atoms with van der Waals surface area (Å²) in [5.41, 5.74) is 1.82. The van der Waals surface area contributed by atoms with E-state index in [1.54, 1.807) is 36.4 Å². The highest BCUT2D eigenvalue weighted by molar-refractivity contribution is 6.39. The highest BCUT2D eigenvalue weighted by Gasteiger charge is 2.37. The van der Waals surface area contributed by atoms with E-state index >= 15 is 0 Å². The molecule has 4 amide bonds. The number of carbonyl (C=O) groups excluding carboxylic acids is 4. The highest BCUT2D eigenvalue weighted by atomic mass is 35.5. The van der Waals surface area contributed by atoms with E-state index in [9.17, 15) is 19.2 Å². The number of nitrogens with zero attached hydrogens (tertiary/aromatic N) is 1. The zero-order valence-electron chi connectivity index (χ0n) is 18.3. The van der Waals surface area contributed by atoms with Crippen LogP contribution >= 0.6 is 11.6 Å². The molecule has 1 fully saturated rings. The average Bonchev–Trinajstić information content (AvgIpc) is 3.30. The number of rotatable bonds is 5. The van der Waals surface area contributed by atoms with Gasteiger partial charge < -0.3 is 9.15 Å². The highest BCUT2D eigenvalue weighted by Crippen LogP contribution is 2.32. The summed E-state index contributed by atoms with van der Waals surface area (Å²) in [5, 5.41) is 2.51. The van der Waals surface area contributed by atoms with Gasteiger partial charge in [0.1, 0.15) is 17.1 Å². The van der Waals surface area contributed by atoms with Crippen LogP contribution in [0.5, 0.6) is 0 Å². The van der Waals surface area contributed by atoms with Gasteiger partial charge in [0.05, 0.1) is 23.4 Å². The molecule has 0 radical (unpaired) electrons. The van der Waals surface area contributed by atoms with Crippen molar-refractivity contribution in [2.45, 2.75) is 13.3 Å². The normalized spacial score (nSPS) is 15.0. The number of amides is 4. The predicted octanol–water partition coefficient (Wildman–Crippen LogP) is 4.62. The van der Waals surface area contributed by atoms with Gasteiger partial charge in [0, 0.05) is 5.56 Å². The van der Waals surface area contributed by atoms with Crippen LogP contribution in [0.1, 0.15) is 28.6 Å². The molecular formula is C25H19ClN2O6. The van der Waals surface area contributed by atoms with Crippen LogP contribution in [0.4, 0.5) is 10.5 Å². The van der Waals surface area contributed by atoms with Crippen LogP contribution in [0.15, 0.2) is 64.6 Å². The number of aryl methyl sites for hydroxylation is 1. The summed E-state index contributed by atoms with van der Waals surface area (Å²) < 4.78 is 10.5. The topological polar surface area (TPSA) is 106 Å². The van der Waals surface area contributed by atoms with Crippen molar-refractivity contribution in [1.29, 1.82) is 0 Å². The Kier molecular flexibility index (Phi) is 6.34. The van der Waals surface area contributed by atoms with Gasteiger partial charge >= 0.3 is 12.0 Å². The second-order valence-corrected chi connectivity index (χ2v) is 7.77. The summed E-state index contributed by atoms with van der Waals surface area (Å²) in [5.74, 6) is -1.65. The first-order valence-electron chi connectivity index (χ1n) is 10.3. The van der Waals surface area contributed by atoms with E-state index in [0.29, 0.717) is 22.0 Å². The van der Waals surface area contributed by atoms with Gasteiger partial charge in [0.25, 0.3) is 11.8 Å². The number of nitrogens with one attached hydrogen (secondary N) is 1. The number of anilines is 1. The molecule has 9 heteroatoms. The number of esters is 1. The number of urea groups is 1. The quantitative estimate of drug-likeness (QED) is 0.326. The van der Waals surface area contributed by atoms with Gasteiger partial charge in [0.15, 0.2) is 0 Å². The van der Waals surface area contributed by atoms with Crippen molar-refractivity contribution in [3.8, 4) is 11.3 Å². The Balaban J connectivity index is 1.66. The number of imide groups is 2. The van der Waals surface area contributed by atoms with Gasteiger partial charge in [-0.25, -0.2) is 14.5 Å². The molecule has 3 aromatic rings. The molecule has 0 bridgehead atoms. The van der Waals surface area contributed by atoms with Crippen molar-refractivity contribution in [3.05, 3.63) is 82.1 Å². The van der Waals surface area contributed by atoms with E-state index in [-0.39, 0.29) is 16.9 Å². The fourth-order valence-electron chi connectivity index (χ4n) is 3.45. The molecule has 0 saturated carbocycles. The summed E-state index contributed by atoms with van der Waals surface area (Å²) in [4.78, 5) is 50.6. The number of hydrogen-bond donors (Lipinski definition) is 1. The predicted molar refractivity (Wildman–Crippen MR) is 125 cm³/mol. The largest absolute Gasteiger partial charge is 0.465 e. The summed E-state index contributed by atoms with van der Waals surface area (Å²) in [7, 11) is 1.27. The standard InChI is InChI=1S/C25H19ClN2O6/c1-3-14-4-7-16(8-5-14)28-23(30)19(22(29)27-25(28)32)13-17-9-11-21(34-17)18-12-15(24(31)33-2)6-10-20(18)26/h4-13H,3H2,1-2H3,(H,27,29,32)/b19-13-.